The Hall–Kier alpha value is -2.58. The van der Waals surface area contributed by atoms with Gasteiger partial charge in [-0.25, -0.2) is 0 Å². The van der Waals surface area contributed by atoms with Crippen molar-refractivity contribution in [2.45, 2.75) is 9.79 Å². The van der Waals surface area contributed by atoms with Crippen LogP contribution in [0.1, 0.15) is 5.56 Å². The Balaban J connectivity index is 1.90. The van der Waals surface area contributed by atoms with Gasteiger partial charge in [-0.3, -0.25) is 0 Å². The van der Waals surface area contributed by atoms with Crippen molar-refractivity contribution < 1.29 is 9.47 Å². The average molecular weight is 324 g/mol. The molecule has 4 nitrogen and oxygen atoms in total. The molecule has 0 bridgehead atoms. The first-order chi connectivity index (χ1) is 11.2. The number of nitrogens with zero attached hydrogens (tertiary/aromatic N) is 1. The van der Waals surface area contributed by atoms with Gasteiger partial charge in [0.2, 0.25) is 0 Å². The van der Waals surface area contributed by atoms with E-state index in [2.05, 4.69) is 11.4 Å². The maximum atomic E-state index is 9.26. The number of allylic oxidation sites excluding steroid dienone is 1. The molecular formula is C18H16N2O2S. The molecule has 3 rings (SSSR count). The third-order valence-electron chi connectivity index (χ3n) is 3.59. The maximum absolute atomic E-state index is 9.26. The summed E-state index contributed by atoms with van der Waals surface area (Å²) >= 11 is 1.62. The molecule has 1 heterocycles. The number of nitrogens with one attached hydrogen (secondary N) is 1. The van der Waals surface area contributed by atoms with E-state index >= 15 is 0 Å². The number of rotatable bonds is 4. The monoisotopic (exact) mass is 324 g/mol. The second-order valence-electron chi connectivity index (χ2n) is 4.94. The molecule has 116 valence electrons. The van der Waals surface area contributed by atoms with E-state index in [0.29, 0.717) is 23.6 Å². The summed E-state index contributed by atoms with van der Waals surface area (Å²) in [5.74, 6) is 1.41. The van der Waals surface area contributed by atoms with E-state index in [1.165, 1.54) is 0 Å². The quantitative estimate of drug-likeness (QED) is 0.914. The Morgan fingerprint density at radius 3 is 2.52 bits per heavy atom. The van der Waals surface area contributed by atoms with Gasteiger partial charge in [0.25, 0.3) is 0 Å². The number of hydrogen-bond acceptors (Lipinski definition) is 5. The van der Waals surface area contributed by atoms with Crippen LogP contribution >= 0.6 is 11.8 Å². The van der Waals surface area contributed by atoms with Gasteiger partial charge in [-0.05, 0) is 42.5 Å². The van der Waals surface area contributed by atoms with Gasteiger partial charge in [-0.15, -0.1) is 0 Å². The SMILES string of the molecule is COc1ccc(Sc2ccc3c(c2)C(C#N)=CCN3)cc1OC. The van der Waals surface area contributed by atoms with E-state index in [0.717, 1.165) is 21.0 Å². The molecule has 0 saturated carbocycles. The average Bonchev–Trinajstić information content (AvgIpc) is 2.61. The third kappa shape index (κ3) is 3.13. The minimum absolute atomic E-state index is 0.693. The first kappa shape index (κ1) is 15.3. The first-order valence-corrected chi connectivity index (χ1v) is 7.95. The summed E-state index contributed by atoms with van der Waals surface area (Å²) in [6.07, 6.45) is 1.91. The van der Waals surface area contributed by atoms with Gasteiger partial charge in [0.15, 0.2) is 11.5 Å². The molecule has 0 fully saturated rings. The highest BCUT2D eigenvalue weighted by Crippen LogP contribution is 2.37. The molecule has 0 aliphatic carbocycles. The minimum atomic E-state index is 0.693. The lowest BCUT2D eigenvalue weighted by atomic mass is 10.0. The number of anilines is 1. The second kappa shape index (κ2) is 6.67. The summed E-state index contributed by atoms with van der Waals surface area (Å²) in [6.45, 7) is 0.693. The maximum Gasteiger partial charge on any atom is 0.161 e. The van der Waals surface area contributed by atoms with Crippen molar-refractivity contribution >= 4 is 23.0 Å². The number of nitriles is 1. The van der Waals surface area contributed by atoms with Crippen LogP contribution in [-0.2, 0) is 0 Å². The van der Waals surface area contributed by atoms with Crippen LogP contribution in [-0.4, -0.2) is 20.8 Å². The lowest BCUT2D eigenvalue weighted by Crippen LogP contribution is -2.07. The summed E-state index contributed by atoms with van der Waals surface area (Å²) < 4.78 is 10.6. The summed E-state index contributed by atoms with van der Waals surface area (Å²) in [5.41, 5.74) is 2.67. The lowest BCUT2D eigenvalue weighted by molar-refractivity contribution is 0.354. The van der Waals surface area contributed by atoms with Gasteiger partial charge in [0.05, 0.1) is 25.9 Å². The van der Waals surface area contributed by atoms with Gasteiger partial charge >= 0.3 is 0 Å². The topological polar surface area (TPSA) is 54.3 Å². The van der Waals surface area contributed by atoms with E-state index in [4.69, 9.17) is 9.47 Å². The van der Waals surface area contributed by atoms with Crippen LogP contribution in [0, 0.1) is 11.3 Å². The zero-order valence-corrected chi connectivity index (χ0v) is 13.7. The lowest BCUT2D eigenvalue weighted by Gasteiger charge is -2.16. The van der Waals surface area contributed by atoms with Crippen LogP contribution in [0.15, 0.2) is 52.3 Å². The van der Waals surface area contributed by atoms with Crippen molar-refractivity contribution in [1.82, 2.24) is 0 Å². The first-order valence-electron chi connectivity index (χ1n) is 7.13. The fraction of sp³-hybridized carbons (Fsp3) is 0.167. The Morgan fingerprint density at radius 1 is 1.04 bits per heavy atom. The molecule has 0 radical (unpaired) electrons. The van der Waals surface area contributed by atoms with Crippen molar-refractivity contribution in [2.24, 2.45) is 0 Å². The standard InChI is InChI=1S/C18H16N2O2S/c1-21-17-6-4-14(10-18(17)22-2)23-13-3-5-16-15(9-13)12(11-19)7-8-20-16/h3-7,9-10,20H,8H2,1-2H3. The molecule has 2 aromatic rings. The van der Waals surface area contributed by atoms with E-state index in [1.807, 2.05) is 42.5 Å². The molecule has 0 saturated heterocycles. The molecule has 0 unspecified atom stereocenters. The van der Waals surface area contributed by atoms with Crippen LogP contribution in [0.2, 0.25) is 0 Å². The fourth-order valence-electron chi connectivity index (χ4n) is 2.46. The molecule has 0 atom stereocenters. The molecule has 1 N–H and O–H groups in total. The number of ether oxygens (including phenoxy) is 2. The van der Waals surface area contributed by atoms with Crippen molar-refractivity contribution in [3.63, 3.8) is 0 Å². The largest absolute Gasteiger partial charge is 0.493 e. The normalized spacial score (nSPS) is 12.5. The third-order valence-corrected chi connectivity index (χ3v) is 4.57. The highest BCUT2D eigenvalue weighted by molar-refractivity contribution is 7.99. The predicted molar refractivity (Wildman–Crippen MR) is 92.2 cm³/mol. The van der Waals surface area contributed by atoms with Crippen LogP contribution in [0.4, 0.5) is 5.69 Å². The molecule has 0 spiro atoms. The Bertz CT molecular complexity index is 809. The molecular weight excluding hydrogens is 308 g/mol. The summed E-state index contributed by atoms with van der Waals surface area (Å²) in [5, 5.41) is 12.5. The highest BCUT2D eigenvalue weighted by Gasteiger charge is 2.13. The smallest absolute Gasteiger partial charge is 0.161 e. The predicted octanol–water partition coefficient (Wildman–Crippen LogP) is 4.19. The highest BCUT2D eigenvalue weighted by atomic mass is 32.2. The van der Waals surface area contributed by atoms with E-state index < -0.39 is 0 Å². The molecule has 1 aliphatic heterocycles. The van der Waals surface area contributed by atoms with E-state index in [1.54, 1.807) is 26.0 Å². The van der Waals surface area contributed by atoms with Crippen molar-refractivity contribution in [3.05, 3.63) is 48.0 Å². The zero-order valence-electron chi connectivity index (χ0n) is 12.9. The van der Waals surface area contributed by atoms with Crippen molar-refractivity contribution in [2.75, 3.05) is 26.1 Å². The summed E-state index contributed by atoms with van der Waals surface area (Å²) in [6, 6.07) is 14.2. The number of methoxy groups -OCH3 is 2. The summed E-state index contributed by atoms with van der Waals surface area (Å²) in [7, 11) is 3.25. The van der Waals surface area contributed by atoms with Gasteiger partial charge in [0, 0.05) is 27.6 Å². The van der Waals surface area contributed by atoms with E-state index in [9.17, 15) is 5.26 Å². The summed E-state index contributed by atoms with van der Waals surface area (Å²) in [4.78, 5) is 2.12. The molecule has 1 aliphatic rings. The van der Waals surface area contributed by atoms with Crippen LogP contribution in [0.3, 0.4) is 0 Å². The van der Waals surface area contributed by atoms with Gasteiger partial charge in [-0.2, -0.15) is 5.26 Å². The molecule has 0 amide bonds. The molecule has 2 aromatic carbocycles. The van der Waals surface area contributed by atoms with Crippen LogP contribution < -0.4 is 14.8 Å². The Labute approximate surface area is 139 Å². The Morgan fingerprint density at radius 2 is 1.78 bits per heavy atom. The van der Waals surface area contributed by atoms with Crippen LogP contribution in [0.5, 0.6) is 11.5 Å². The molecule has 23 heavy (non-hydrogen) atoms. The second-order valence-corrected chi connectivity index (χ2v) is 6.08. The van der Waals surface area contributed by atoms with Crippen molar-refractivity contribution in [3.8, 4) is 17.6 Å². The number of fused-ring (bicyclic) bond motifs is 1. The zero-order chi connectivity index (χ0) is 16.2. The van der Waals surface area contributed by atoms with Crippen molar-refractivity contribution in [1.29, 1.82) is 5.26 Å². The molecule has 5 heteroatoms. The molecule has 0 aromatic heterocycles. The van der Waals surface area contributed by atoms with Gasteiger partial charge in [0.1, 0.15) is 0 Å². The van der Waals surface area contributed by atoms with Crippen LogP contribution in [0.25, 0.3) is 5.57 Å². The Kier molecular flexibility index (Phi) is 4.45. The van der Waals surface area contributed by atoms with Gasteiger partial charge < -0.3 is 14.8 Å². The number of benzene rings is 2. The number of hydrogen-bond donors (Lipinski definition) is 1. The minimum Gasteiger partial charge on any atom is -0.493 e. The van der Waals surface area contributed by atoms with E-state index in [-0.39, 0.29) is 0 Å². The fourth-order valence-corrected chi connectivity index (χ4v) is 3.35. The van der Waals surface area contributed by atoms with Gasteiger partial charge in [-0.1, -0.05) is 11.8 Å².